The van der Waals surface area contributed by atoms with Crippen LogP contribution in [0, 0.1) is 5.92 Å². The normalized spacial score (nSPS) is 24.4. The molecule has 9 nitrogen and oxygen atoms in total. The number of hydrogen-bond acceptors (Lipinski definition) is 8. The van der Waals surface area contributed by atoms with E-state index in [1.165, 1.54) is 12.8 Å². The minimum absolute atomic E-state index is 0.175. The number of nitrogens with zero attached hydrogens (tertiary/aromatic N) is 4. The zero-order valence-electron chi connectivity index (χ0n) is 20.1. The second kappa shape index (κ2) is 9.29. The number of nitrogens with one attached hydrogen (secondary N) is 2. The van der Waals surface area contributed by atoms with Gasteiger partial charge in [0.15, 0.2) is 5.82 Å². The molecule has 34 heavy (non-hydrogen) atoms. The third kappa shape index (κ3) is 3.91. The summed E-state index contributed by atoms with van der Waals surface area (Å²) in [6.07, 6.45) is 9.28. The molecule has 2 aliphatic carbocycles. The van der Waals surface area contributed by atoms with E-state index in [0.29, 0.717) is 29.0 Å². The van der Waals surface area contributed by atoms with Crippen molar-refractivity contribution in [3.8, 4) is 5.75 Å². The van der Waals surface area contributed by atoms with Crippen LogP contribution in [0.3, 0.4) is 0 Å². The molecule has 2 saturated carbocycles. The van der Waals surface area contributed by atoms with Crippen molar-refractivity contribution in [1.82, 2.24) is 15.3 Å². The lowest BCUT2D eigenvalue weighted by atomic mass is 9.98. The Morgan fingerprint density at radius 3 is 2.71 bits per heavy atom. The van der Waals surface area contributed by atoms with Crippen LogP contribution < -0.4 is 25.2 Å². The van der Waals surface area contributed by atoms with Gasteiger partial charge in [0.2, 0.25) is 5.95 Å². The van der Waals surface area contributed by atoms with Crippen molar-refractivity contribution < 1.29 is 14.6 Å². The number of rotatable bonds is 5. The molecule has 0 spiro atoms. The van der Waals surface area contributed by atoms with Gasteiger partial charge in [-0.25, -0.2) is 4.98 Å². The molecule has 5 rings (SSSR count). The average molecular weight is 467 g/mol. The molecule has 3 N–H and O–H groups in total. The summed E-state index contributed by atoms with van der Waals surface area (Å²) in [6.45, 7) is 0. The molecule has 3 atom stereocenters. The largest absolute Gasteiger partial charge is 0.495 e. The Morgan fingerprint density at radius 1 is 1.18 bits per heavy atom. The Kier molecular flexibility index (Phi) is 6.20. The molecule has 182 valence electrons. The first-order chi connectivity index (χ1) is 16.5. The number of anilines is 4. The maximum atomic E-state index is 12.0. The van der Waals surface area contributed by atoms with E-state index in [1.54, 1.807) is 32.4 Å². The molecule has 2 aromatic rings. The fourth-order valence-corrected chi connectivity index (χ4v) is 5.94. The molecule has 1 aromatic carbocycles. The molecule has 1 amide bonds. The van der Waals surface area contributed by atoms with Crippen LogP contribution in [0.4, 0.5) is 23.1 Å². The summed E-state index contributed by atoms with van der Waals surface area (Å²) in [6, 6.07) is 5.96. The first-order valence-corrected chi connectivity index (χ1v) is 12.2. The zero-order chi connectivity index (χ0) is 23.8. The SMILES string of the molecule is CNC(=O)c1ccc(Nc2ncc3c(n2)N(C2CCCC2)[C@@H]2CCC[C@@H]2C(O)N3C)c(OC)c1. The number of hydrogen-bond donors (Lipinski definition) is 3. The van der Waals surface area contributed by atoms with E-state index in [0.717, 1.165) is 43.6 Å². The highest BCUT2D eigenvalue weighted by Crippen LogP contribution is 2.46. The van der Waals surface area contributed by atoms with Crippen molar-refractivity contribution in [2.45, 2.75) is 63.3 Å². The van der Waals surface area contributed by atoms with E-state index >= 15 is 0 Å². The van der Waals surface area contributed by atoms with Gasteiger partial charge >= 0.3 is 0 Å². The van der Waals surface area contributed by atoms with Gasteiger partial charge in [0.1, 0.15) is 17.7 Å². The quantitative estimate of drug-likeness (QED) is 0.617. The number of aromatic nitrogens is 2. The highest BCUT2D eigenvalue weighted by Gasteiger charge is 2.45. The van der Waals surface area contributed by atoms with Gasteiger partial charge in [0, 0.05) is 37.7 Å². The minimum Gasteiger partial charge on any atom is -0.495 e. The summed E-state index contributed by atoms with van der Waals surface area (Å²) in [5.74, 6) is 1.92. The number of fused-ring (bicyclic) bond motifs is 2. The molecule has 9 heteroatoms. The van der Waals surface area contributed by atoms with Crippen molar-refractivity contribution in [2.24, 2.45) is 5.92 Å². The van der Waals surface area contributed by atoms with Gasteiger partial charge in [0.05, 0.1) is 19.0 Å². The van der Waals surface area contributed by atoms with E-state index in [2.05, 4.69) is 20.5 Å². The van der Waals surface area contributed by atoms with E-state index in [9.17, 15) is 9.90 Å². The van der Waals surface area contributed by atoms with Gasteiger partial charge in [-0.2, -0.15) is 4.98 Å². The van der Waals surface area contributed by atoms with Crippen molar-refractivity contribution in [3.63, 3.8) is 0 Å². The van der Waals surface area contributed by atoms with Crippen molar-refractivity contribution in [3.05, 3.63) is 30.0 Å². The molecule has 0 radical (unpaired) electrons. The van der Waals surface area contributed by atoms with Gasteiger partial charge in [-0.1, -0.05) is 19.3 Å². The summed E-state index contributed by atoms with van der Waals surface area (Å²) < 4.78 is 5.53. The van der Waals surface area contributed by atoms with Gasteiger partial charge in [0.25, 0.3) is 5.91 Å². The van der Waals surface area contributed by atoms with Crippen LogP contribution in [0.2, 0.25) is 0 Å². The fraction of sp³-hybridized carbons (Fsp3) is 0.560. The number of ether oxygens (including phenoxy) is 1. The highest BCUT2D eigenvalue weighted by atomic mass is 16.5. The number of amides is 1. The Hall–Kier alpha value is -3.07. The van der Waals surface area contributed by atoms with Crippen LogP contribution in [-0.2, 0) is 0 Å². The summed E-state index contributed by atoms with van der Waals surface area (Å²) in [5.41, 5.74) is 2.06. The number of methoxy groups -OCH3 is 1. The number of aliphatic hydroxyl groups is 1. The first-order valence-electron chi connectivity index (χ1n) is 12.2. The van der Waals surface area contributed by atoms with Crippen molar-refractivity contribution in [2.75, 3.05) is 36.3 Å². The molecule has 1 aromatic heterocycles. The van der Waals surface area contributed by atoms with Crippen molar-refractivity contribution in [1.29, 1.82) is 0 Å². The van der Waals surface area contributed by atoms with Crippen LogP contribution >= 0.6 is 0 Å². The Bertz CT molecular complexity index is 1060. The third-order valence-corrected chi connectivity index (χ3v) is 7.70. The number of benzene rings is 1. The molecule has 2 fully saturated rings. The Labute approximate surface area is 200 Å². The molecule has 1 unspecified atom stereocenters. The first kappa shape index (κ1) is 22.7. The molecule has 3 aliphatic rings. The van der Waals surface area contributed by atoms with Gasteiger partial charge in [-0.05, 0) is 43.9 Å². The monoisotopic (exact) mass is 466 g/mol. The predicted octanol–water partition coefficient (Wildman–Crippen LogP) is 3.27. The summed E-state index contributed by atoms with van der Waals surface area (Å²) >= 11 is 0. The summed E-state index contributed by atoms with van der Waals surface area (Å²) in [7, 11) is 5.11. The van der Waals surface area contributed by atoms with Gasteiger partial charge in [-0.15, -0.1) is 0 Å². The second-order valence-electron chi connectivity index (χ2n) is 9.55. The van der Waals surface area contributed by atoms with E-state index in [1.807, 2.05) is 18.1 Å². The fourth-order valence-electron chi connectivity index (χ4n) is 5.94. The molecule has 1 aliphatic heterocycles. The Morgan fingerprint density at radius 2 is 1.97 bits per heavy atom. The number of aliphatic hydroxyl groups excluding tert-OH is 1. The highest BCUT2D eigenvalue weighted by molar-refractivity contribution is 5.95. The van der Waals surface area contributed by atoms with Crippen LogP contribution in [-0.4, -0.2) is 60.5 Å². The smallest absolute Gasteiger partial charge is 0.251 e. The van der Waals surface area contributed by atoms with Crippen LogP contribution in [0.15, 0.2) is 24.4 Å². The lowest BCUT2D eigenvalue weighted by molar-refractivity contribution is 0.0962. The number of carbonyl (C=O) groups excluding carboxylic acids is 1. The number of carbonyl (C=O) groups is 1. The maximum absolute atomic E-state index is 12.0. The molecular weight excluding hydrogens is 432 g/mol. The predicted molar refractivity (Wildman–Crippen MR) is 132 cm³/mol. The minimum atomic E-state index is -0.544. The van der Waals surface area contributed by atoms with Gasteiger partial charge in [-0.3, -0.25) is 4.79 Å². The second-order valence-corrected chi connectivity index (χ2v) is 9.55. The Balaban J connectivity index is 1.53. The molecular formula is C25H34N6O3. The van der Waals surface area contributed by atoms with E-state index in [4.69, 9.17) is 9.72 Å². The van der Waals surface area contributed by atoms with Crippen LogP contribution in [0.25, 0.3) is 0 Å². The zero-order valence-corrected chi connectivity index (χ0v) is 20.1. The standard InChI is InChI=1S/C25H34N6O3/c1-26-23(32)15-11-12-18(21(13-15)34-3)28-25-27-14-20-22(29-25)31(16-7-4-5-8-16)19-10-6-9-17(19)24(33)30(20)2/h11-14,16-17,19,24,33H,4-10H2,1-3H3,(H,26,32)(H,27,28,29)/t17-,19+,24?/m0/s1. The van der Waals surface area contributed by atoms with Crippen molar-refractivity contribution >= 4 is 29.0 Å². The molecule has 2 heterocycles. The summed E-state index contributed by atoms with van der Waals surface area (Å²) in [5, 5.41) is 17.1. The van der Waals surface area contributed by atoms with Crippen LogP contribution in [0.1, 0.15) is 55.3 Å². The van der Waals surface area contributed by atoms with Gasteiger partial charge < -0.3 is 30.3 Å². The molecule has 0 bridgehead atoms. The lowest BCUT2D eigenvalue weighted by Gasteiger charge is -2.37. The molecule has 0 saturated heterocycles. The van der Waals surface area contributed by atoms with E-state index < -0.39 is 6.23 Å². The summed E-state index contributed by atoms with van der Waals surface area (Å²) in [4.78, 5) is 26.0. The third-order valence-electron chi connectivity index (χ3n) is 7.70. The van der Waals surface area contributed by atoms with Crippen LogP contribution in [0.5, 0.6) is 5.75 Å². The lowest BCUT2D eigenvalue weighted by Crippen LogP contribution is -2.47. The topological polar surface area (TPSA) is 103 Å². The maximum Gasteiger partial charge on any atom is 0.251 e. The average Bonchev–Trinajstić information content (AvgIpc) is 3.55. The van der Waals surface area contributed by atoms with E-state index in [-0.39, 0.29) is 17.9 Å².